The summed E-state index contributed by atoms with van der Waals surface area (Å²) in [5.41, 5.74) is 0.704. The molecule has 0 amide bonds. The van der Waals surface area contributed by atoms with Crippen molar-refractivity contribution in [2.75, 3.05) is 11.4 Å². The van der Waals surface area contributed by atoms with E-state index in [-0.39, 0.29) is 16.2 Å². The average Bonchev–Trinajstić information content (AvgIpc) is 2.47. The Bertz CT molecular complexity index is 762. The Labute approximate surface area is 117 Å². The molecule has 5 nitrogen and oxygen atoms in total. The molecule has 6 heteroatoms. The van der Waals surface area contributed by atoms with Crippen LogP contribution in [-0.2, 0) is 10.0 Å². The maximum atomic E-state index is 12.4. The van der Waals surface area contributed by atoms with Crippen LogP contribution in [0.15, 0.2) is 53.4 Å². The molecule has 0 unspecified atom stereocenters. The van der Waals surface area contributed by atoms with Gasteiger partial charge in [0.2, 0.25) is 0 Å². The Morgan fingerprint density at radius 3 is 2.40 bits per heavy atom. The lowest BCUT2D eigenvalue weighted by Crippen LogP contribution is -2.26. The molecule has 102 valence electrons. The Hall–Kier alpha value is -2.52. The van der Waals surface area contributed by atoms with Crippen molar-refractivity contribution >= 4 is 15.7 Å². The second kappa shape index (κ2) is 5.23. The summed E-state index contributed by atoms with van der Waals surface area (Å²) in [5.74, 6) is 0.0611. The van der Waals surface area contributed by atoms with Crippen molar-refractivity contribution in [1.29, 1.82) is 5.26 Å². The van der Waals surface area contributed by atoms with Crippen LogP contribution in [0.25, 0.3) is 0 Å². The number of phenols is 1. The van der Waals surface area contributed by atoms with Crippen LogP contribution in [0, 0.1) is 11.3 Å². The number of rotatable bonds is 3. The predicted molar refractivity (Wildman–Crippen MR) is 74.9 cm³/mol. The molecule has 0 radical (unpaired) electrons. The number of nitriles is 1. The van der Waals surface area contributed by atoms with Gasteiger partial charge in [-0.1, -0.05) is 6.07 Å². The summed E-state index contributed by atoms with van der Waals surface area (Å²) in [6.45, 7) is 0. The van der Waals surface area contributed by atoms with Gasteiger partial charge in [-0.2, -0.15) is 5.26 Å². The van der Waals surface area contributed by atoms with E-state index < -0.39 is 10.0 Å². The predicted octanol–water partition coefficient (Wildman–Crippen LogP) is 2.09. The molecule has 0 aliphatic heterocycles. The first-order chi connectivity index (χ1) is 9.45. The van der Waals surface area contributed by atoms with Crippen molar-refractivity contribution in [3.8, 4) is 11.8 Å². The number of benzene rings is 2. The molecular weight excluding hydrogens is 276 g/mol. The van der Waals surface area contributed by atoms with Crippen LogP contribution < -0.4 is 4.31 Å². The molecule has 0 saturated carbocycles. The van der Waals surface area contributed by atoms with E-state index >= 15 is 0 Å². The fraction of sp³-hybridized carbons (Fsp3) is 0.0714. The fourth-order valence-corrected chi connectivity index (χ4v) is 2.93. The van der Waals surface area contributed by atoms with Gasteiger partial charge in [-0.05, 0) is 42.5 Å². The van der Waals surface area contributed by atoms with Crippen molar-refractivity contribution in [3.05, 3.63) is 54.1 Å². The number of hydrogen-bond donors (Lipinski definition) is 1. The lowest BCUT2D eigenvalue weighted by Gasteiger charge is -2.19. The number of anilines is 1. The minimum absolute atomic E-state index is 0.0483. The first kappa shape index (κ1) is 13.9. The number of sulfonamides is 1. The highest BCUT2D eigenvalue weighted by atomic mass is 32.2. The second-order valence-corrected chi connectivity index (χ2v) is 6.10. The van der Waals surface area contributed by atoms with E-state index in [0.29, 0.717) is 5.69 Å². The SMILES string of the molecule is CN(c1ccc(O)cc1)S(=O)(=O)c1cccc(C#N)c1. The molecule has 0 spiro atoms. The second-order valence-electron chi connectivity index (χ2n) is 4.13. The molecule has 0 heterocycles. The Kier molecular flexibility index (Phi) is 3.63. The maximum absolute atomic E-state index is 12.4. The van der Waals surface area contributed by atoms with E-state index in [4.69, 9.17) is 5.26 Å². The molecule has 20 heavy (non-hydrogen) atoms. The van der Waals surface area contributed by atoms with Gasteiger partial charge < -0.3 is 5.11 Å². The quantitative estimate of drug-likeness (QED) is 0.937. The zero-order valence-corrected chi connectivity index (χ0v) is 11.5. The van der Waals surface area contributed by atoms with E-state index in [9.17, 15) is 13.5 Å². The van der Waals surface area contributed by atoms with Crippen molar-refractivity contribution in [2.45, 2.75) is 4.90 Å². The molecule has 0 atom stereocenters. The summed E-state index contributed by atoms with van der Waals surface area (Å²) in [7, 11) is -2.32. The molecule has 0 bridgehead atoms. The molecule has 2 aromatic rings. The summed E-state index contributed by atoms with van der Waals surface area (Å²) in [6.07, 6.45) is 0. The first-order valence-corrected chi connectivity index (χ1v) is 7.17. The van der Waals surface area contributed by atoms with E-state index in [0.717, 1.165) is 4.31 Å². The first-order valence-electron chi connectivity index (χ1n) is 5.73. The van der Waals surface area contributed by atoms with Crippen LogP contribution in [0.4, 0.5) is 5.69 Å². The third-order valence-electron chi connectivity index (χ3n) is 2.83. The number of aromatic hydroxyl groups is 1. The zero-order chi connectivity index (χ0) is 14.8. The topological polar surface area (TPSA) is 81.4 Å². The van der Waals surface area contributed by atoms with E-state index in [1.165, 1.54) is 49.5 Å². The molecule has 1 N–H and O–H groups in total. The van der Waals surface area contributed by atoms with Crippen LogP contribution in [0.2, 0.25) is 0 Å². The summed E-state index contributed by atoms with van der Waals surface area (Å²) in [6, 6.07) is 13.6. The summed E-state index contributed by atoms with van der Waals surface area (Å²) < 4.78 is 26.0. The van der Waals surface area contributed by atoms with Crippen LogP contribution in [0.5, 0.6) is 5.75 Å². The molecule has 0 saturated heterocycles. The Morgan fingerprint density at radius 1 is 1.15 bits per heavy atom. The minimum Gasteiger partial charge on any atom is -0.508 e. The monoisotopic (exact) mass is 288 g/mol. The van der Waals surface area contributed by atoms with Crippen molar-refractivity contribution in [1.82, 2.24) is 0 Å². The highest BCUT2D eigenvalue weighted by Gasteiger charge is 2.21. The summed E-state index contributed by atoms with van der Waals surface area (Å²) in [4.78, 5) is 0.0483. The molecule has 0 aliphatic rings. The minimum atomic E-state index is -3.74. The van der Waals surface area contributed by atoms with E-state index in [1.807, 2.05) is 6.07 Å². The molecule has 2 rings (SSSR count). The highest BCUT2D eigenvalue weighted by molar-refractivity contribution is 7.92. The van der Waals surface area contributed by atoms with Gasteiger partial charge in [0.25, 0.3) is 10.0 Å². The normalized spacial score (nSPS) is 10.8. The lowest BCUT2D eigenvalue weighted by atomic mass is 10.2. The lowest BCUT2D eigenvalue weighted by molar-refractivity contribution is 0.475. The zero-order valence-electron chi connectivity index (χ0n) is 10.7. The standard InChI is InChI=1S/C14H12N2O3S/c1-16(12-5-7-13(17)8-6-12)20(18,19)14-4-2-3-11(9-14)10-15/h2-9,17H,1H3. The van der Waals surface area contributed by atoms with E-state index in [2.05, 4.69) is 0 Å². The van der Waals surface area contributed by atoms with Crippen LogP contribution >= 0.6 is 0 Å². The van der Waals surface area contributed by atoms with Crippen molar-refractivity contribution in [2.24, 2.45) is 0 Å². The molecule has 0 aliphatic carbocycles. The number of nitrogens with zero attached hydrogens (tertiary/aromatic N) is 2. The maximum Gasteiger partial charge on any atom is 0.264 e. The van der Waals surface area contributed by atoms with Gasteiger partial charge in [0.1, 0.15) is 5.75 Å². The van der Waals surface area contributed by atoms with Gasteiger partial charge in [-0.25, -0.2) is 8.42 Å². The Balaban J connectivity index is 2.44. The van der Waals surface area contributed by atoms with Crippen LogP contribution in [0.1, 0.15) is 5.56 Å². The Morgan fingerprint density at radius 2 is 1.80 bits per heavy atom. The van der Waals surface area contributed by atoms with Gasteiger partial charge in [0.05, 0.1) is 22.2 Å². The third-order valence-corrected chi connectivity index (χ3v) is 4.62. The van der Waals surface area contributed by atoms with Gasteiger partial charge in [-0.15, -0.1) is 0 Å². The largest absolute Gasteiger partial charge is 0.508 e. The van der Waals surface area contributed by atoms with Gasteiger partial charge in [-0.3, -0.25) is 4.31 Å². The van der Waals surface area contributed by atoms with Gasteiger partial charge in [0, 0.05) is 7.05 Å². The summed E-state index contributed by atoms with van der Waals surface area (Å²) in [5, 5.41) is 18.1. The fourth-order valence-electron chi connectivity index (χ4n) is 1.69. The molecule has 0 fully saturated rings. The van der Waals surface area contributed by atoms with Gasteiger partial charge in [0.15, 0.2) is 0 Å². The average molecular weight is 288 g/mol. The third kappa shape index (κ3) is 2.58. The molecule has 0 aromatic heterocycles. The van der Waals surface area contributed by atoms with Gasteiger partial charge >= 0.3 is 0 Å². The molecular formula is C14H12N2O3S. The highest BCUT2D eigenvalue weighted by Crippen LogP contribution is 2.24. The molecule has 2 aromatic carbocycles. The summed E-state index contributed by atoms with van der Waals surface area (Å²) >= 11 is 0. The smallest absolute Gasteiger partial charge is 0.264 e. The van der Waals surface area contributed by atoms with Crippen molar-refractivity contribution in [3.63, 3.8) is 0 Å². The number of phenolic OH excluding ortho intramolecular Hbond substituents is 1. The van der Waals surface area contributed by atoms with E-state index in [1.54, 1.807) is 6.07 Å². The number of hydrogen-bond acceptors (Lipinski definition) is 4. The van der Waals surface area contributed by atoms with Crippen LogP contribution in [-0.4, -0.2) is 20.6 Å². The van der Waals surface area contributed by atoms with Crippen LogP contribution in [0.3, 0.4) is 0 Å². The van der Waals surface area contributed by atoms with Crippen molar-refractivity contribution < 1.29 is 13.5 Å².